The van der Waals surface area contributed by atoms with Crippen molar-refractivity contribution in [1.29, 1.82) is 0 Å². The average Bonchev–Trinajstić information content (AvgIpc) is 3.74. The fourth-order valence-electron chi connectivity index (χ4n) is 7.72. The summed E-state index contributed by atoms with van der Waals surface area (Å²) in [6.07, 6.45) is 4.46. The van der Waals surface area contributed by atoms with Gasteiger partial charge < -0.3 is 9.13 Å². The molecule has 0 saturated carbocycles. The molecule has 9 aromatic rings. The van der Waals surface area contributed by atoms with Gasteiger partial charge >= 0.3 is 0 Å². The Kier molecular flexibility index (Phi) is 8.89. The first-order chi connectivity index (χ1) is 25.7. The Morgan fingerprint density at radius 3 is 1.54 bits per heavy atom. The predicted octanol–water partition coefficient (Wildman–Crippen LogP) is 12.4. The second kappa shape index (κ2) is 14.1. The van der Waals surface area contributed by atoms with Crippen molar-refractivity contribution in [3.05, 3.63) is 180 Å². The molecule has 0 aliphatic carbocycles. The Labute approximate surface area is 305 Å². The van der Waals surface area contributed by atoms with Crippen LogP contribution < -0.4 is 10.6 Å². The van der Waals surface area contributed by atoms with E-state index in [2.05, 4.69) is 205 Å². The third-order valence-electron chi connectivity index (χ3n) is 10.0. The van der Waals surface area contributed by atoms with Gasteiger partial charge in [-0.3, -0.25) is 0 Å². The van der Waals surface area contributed by atoms with Crippen LogP contribution >= 0.6 is 0 Å². The summed E-state index contributed by atoms with van der Waals surface area (Å²) in [5, 5.41) is 6.25. The molecule has 0 atom stereocenters. The van der Waals surface area contributed by atoms with E-state index in [1.54, 1.807) is 0 Å². The summed E-state index contributed by atoms with van der Waals surface area (Å²) in [6, 6.07) is 61.7. The third-order valence-corrected chi connectivity index (χ3v) is 10.0. The van der Waals surface area contributed by atoms with Crippen molar-refractivity contribution in [2.45, 2.75) is 27.7 Å². The van der Waals surface area contributed by atoms with Crippen molar-refractivity contribution >= 4 is 44.9 Å². The number of rotatable bonds is 5. The van der Waals surface area contributed by atoms with Gasteiger partial charge in [-0.25, -0.2) is 0 Å². The summed E-state index contributed by atoms with van der Waals surface area (Å²) in [5.74, 6) is 0. The zero-order chi connectivity index (χ0) is 35.6. The van der Waals surface area contributed by atoms with E-state index in [9.17, 15) is 0 Å². The van der Waals surface area contributed by atoms with E-state index >= 15 is 0 Å². The lowest BCUT2D eigenvalue weighted by Crippen LogP contribution is -2.27. The van der Waals surface area contributed by atoms with Crippen molar-refractivity contribution in [1.82, 2.24) is 9.13 Å². The summed E-state index contributed by atoms with van der Waals surface area (Å²) in [6.45, 7) is 8.27. The van der Waals surface area contributed by atoms with Crippen LogP contribution in [0.1, 0.15) is 27.7 Å². The lowest BCUT2D eigenvalue weighted by atomic mass is 9.99. The molecule has 2 nitrogen and oxygen atoms in total. The molecular weight excluding hydrogens is 629 g/mol. The van der Waals surface area contributed by atoms with Gasteiger partial charge in [-0.1, -0.05) is 135 Å². The molecular formula is C50H42N2. The first-order valence-electron chi connectivity index (χ1n) is 18.3. The van der Waals surface area contributed by atoms with Crippen LogP contribution in [0, 0.1) is 0 Å². The Morgan fingerprint density at radius 1 is 0.346 bits per heavy atom. The first-order valence-corrected chi connectivity index (χ1v) is 18.3. The second-order valence-electron chi connectivity index (χ2n) is 12.9. The molecule has 0 unspecified atom stereocenters. The van der Waals surface area contributed by atoms with Crippen LogP contribution in [-0.4, -0.2) is 9.13 Å². The lowest BCUT2D eigenvalue weighted by molar-refractivity contribution is 1.07. The van der Waals surface area contributed by atoms with Gasteiger partial charge in [0.25, 0.3) is 0 Å². The van der Waals surface area contributed by atoms with E-state index in [1.807, 2.05) is 13.8 Å². The lowest BCUT2D eigenvalue weighted by Gasteiger charge is -2.12. The van der Waals surface area contributed by atoms with Crippen LogP contribution in [-0.2, 0) is 0 Å². The highest BCUT2D eigenvalue weighted by Crippen LogP contribution is 2.36. The Balaban J connectivity index is 0.00000190. The van der Waals surface area contributed by atoms with Crippen LogP contribution in [0.4, 0.5) is 0 Å². The van der Waals surface area contributed by atoms with Gasteiger partial charge in [0.2, 0.25) is 0 Å². The zero-order valence-corrected chi connectivity index (χ0v) is 30.2. The standard InChI is InChI=1S/C48H36N2.C2H6/c1-3-41-43-31-37(25-27-47(43)49(45(41)4-2)39-20-9-6-10-21-39)38-26-28-48-44(32-38)42-23-11-12-24-46(42)50(48)40-22-14-19-36(30-40)35-18-13-17-34(29-35)33-15-7-5-8-16-33;1-2/h3-32H,1-2H3;1-2H3/b41-3-,45-4+;. The van der Waals surface area contributed by atoms with Crippen molar-refractivity contribution in [3.8, 4) is 44.8 Å². The number of hydrogen-bond acceptors (Lipinski definition) is 0. The molecule has 0 fully saturated rings. The van der Waals surface area contributed by atoms with E-state index in [4.69, 9.17) is 0 Å². The van der Waals surface area contributed by atoms with Crippen molar-refractivity contribution in [2.75, 3.05) is 0 Å². The third kappa shape index (κ3) is 5.63. The molecule has 0 spiro atoms. The van der Waals surface area contributed by atoms with Crippen molar-refractivity contribution in [3.63, 3.8) is 0 Å². The second-order valence-corrected chi connectivity index (χ2v) is 12.9. The normalized spacial score (nSPS) is 12.1. The minimum atomic E-state index is 1.15. The SMILES string of the molecule is C/C=c1\c(=C/C)n(-c2ccccc2)c2ccc(-c3ccc4c(c3)c3ccccc3n4-c3cccc(-c4cccc(-c5ccccc5)c4)c3)cc12.CC. The molecule has 0 N–H and O–H groups in total. The Hall–Kier alpha value is -6.38. The topological polar surface area (TPSA) is 9.86 Å². The molecule has 0 radical (unpaired) electrons. The summed E-state index contributed by atoms with van der Waals surface area (Å²) in [7, 11) is 0. The molecule has 0 bridgehead atoms. The van der Waals surface area contributed by atoms with E-state index in [0.717, 1.165) is 5.69 Å². The van der Waals surface area contributed by atoms with E-state index in [0.29, 0.717) is 0 Å². The highest BCUT2D eigenvalue weighted by atomic mass is 15.0. The minimum Gasteiger partial charge on any atom is -0.310 e. The largest absolute Gasteiger partial charge is 0.310 e. The van der Waals surface area contributed by atoms with E-state index in [-0.39, 0.29) is 0 Å². The highest BCUT2D eigenvalue weighted by molar-refractivity contribution is 6.10. The monoisotopic (exact) mass is 670 g/mol. The van der Waals surface area contributed by atoms with Crippen LogP contribution in [0.5, 0.6) is 0 Å². The average molecular weight is 671 g/mol. The zero-order valence-electron chi connectivity index (χ0n) is 30.2. The number of fused-ring (bicyclic) bond motifs is 4. The number of hydrogen-bond donors (Lipinski definition) is 0. The molecule has 9 rings (SSSR count). The quantitative estimate of drug-likeness (QED) is 0.172. The Bertz CT molecular complexity index is 2820. The van der Waals surface area contributed by atoms with E-state index < -0.39 is 0 Å². The van der Waals surface area contributed by atoms with Gasteiger partial charge in [-0.2, -0.15) is 0 Å². The van der Waals surface area contributed by atoms with Crippen LogP contribution in [0.15, 0.2) is 170 Å². The maximum atomic E-state index is 2.41. The molecule has 52 heavy (non-hydrogen) atoms. The van der Waals surface area contributed by atoms with Gasteiger partial charge in [0.15, 0.2) is 0 Å². The summed E-state index contributed by atoms with van der Waals surface area (Å²) >= 11 is 0. The first kappa shape index (κ1) is 32.8. The number of aromatic nitrogens is 2. The van der Waals surface area contributed by atoms with Gasteiger partial charge in [0, 0.05) is 38.1 Å². The van der Waals surface area contributed by atoms with Gasteiger partial charge in [-0.05, 0) is 108 Å². The maximum Gasteiger partial charge on any atom is 0.0541 e. The minimum absolute atomic E-state index is 1.15. The maximum absolute atomic E-state index is 2.41. The van der Waals surface area contributed by atoms with Gasteiger partial charge in [0.1, 0.15) is 0 Å². The molecule has 2 heteroatoms. The number of para-hydroxylation sites is 2. The molecule has 252 valence electrons. The smallest absolute Gasteiger partial charge is 0.0541 e. The fourth-order valence-corrected chi connectivity index (χ4v) is 7.72. The summed E-state index contributed by atoms with van der Waals surface area (Å²) < 4.78 is 4.78. The van der Waals surface area contributed by atoms with Crippen LogP contribution in [0.3, 0.4) is 0 Å². The molecule has 7 aromatic carbocycles. The molecule has 2 heterocycles. The fraction of sp³-hybridized carbons (Fsp3) is 0.0800. The number of nitrogens with zero attached hydrogens (tertiary/aromatic N) is 2. The van der Waals surface area contributed by atoms with E-state index in [1.165, 1.54) is 82.3 Å². The molecule has 0 amide bonds. The molecule has 0 aliphatic heterocycles. The van der Waals surface area contributed by atoms with Crippen LogP contribution in [0.25, 0.3) is 89.6 Å². The Morgan fingerprint density at radius 2 is 0.846 bits per heavy atom. The number of benzene rings is 7. The summed E-state index contributed by atoms with van der Waals surface area (Å²) in [5.41, 5.74) is 13.2. The van der Waals surface area contributed by atoms with Gasteiger partial charge in [0.05, 0.1) is 16.6 Å². The predicted molar refractivity (Wildman–Crippen MR) is 225 cm³/mol. The van der Waals surface area contributed by atoms with Crippen molar-refractivity contribution < 1.29 is 0 Å². The highest BCUT2D eigenvalue weighted by Gasteiger charge is 2.15. The van der Waals surface area contributed by atoms with Gasteiger partial charge in [-0.15, -0.1) is 0 Å². The molecule has 0 aliphatic rings. The molecule has 2 aromatic heterocycles. The molecule has 0 saturated heterocycles. The van der Waals surface area contributed by atoms with Crippen LogP contribution in [0.2, 0.25) is 0 Å². The van der Waals surface area contributed by atoms with Crippen molar-refractivity contribution in [2.24, 2.45) is 0 Å². The summed E-state index contributed by atoms with van der Waals surface area (Å²) in [4.78, 5) is 0.